The van der Waals surface area contributed by atoms with Gasteiger partial charge in [-0.15, -0.1) is 6.58 Å². The van der Waals surface area contributed by atoms with Crippen molar-refractivity contribution in [3.8, 4) is 11.3 Å². The third-order valence-corrected chi connectivity index (χ3v) is 3.83. The van der Waals surface area contributed by atoms with Gasteiger partial charge in [-0.3, -0.25) is 4.79 Å². The average Bonchev–Trinajstić information content (AvgIpc) is 3.08. The van der Waals surface area contributed by atoms with Crippen LogP contribution in [0.15, 0.2) is 43.1 Å². The summed E-state index contributed by atoms with van der Waals surface area (Å²) in [7, 11) is 0. The van der Waals surface area contributed by atoms with Crippen molar-refractivity contribution >= 4 is 5.91 Å². The van der Waals surface area contributed by atoms with Crippen LogP contribution in [-0.4, -0.2) is 15.9 Å². The van der Waals surface area contributed by atoms with E-state index in [2.05, 4.69) is 21.9 Å². The Kier molecular flexibility index (Phi) is 3.33. The molecule has 0 saturated carbocycles. The summed E-state index contributed by atoms with van der Waals surface area (Å²) in [4.78, 5) is 19.2. The highest BCUT2D eigenvalue weighted by molar-refractivity contribution is 5.79. The number of H-pyrrole nitrogens is 1. The van der Waals surface area contributed by atoms with E-state index >= 15 is 0 Å². The van der Waals surface area contributed by atoms with Crippen LogP contribution < -0.4 is 5.32 Å². The minimum atomic E-state index is -0.503. The lowest BCUT2D eigenvalue weighted by Gasteiger charge is -2.25. The maximum Gasteiger partial charge on any atom is 0.220 e. The number of carbonyl (C=O) groups is 1. The molecular formula is C16H16FN3O. The Labute approximate surface area is 122 Å². The Morgan fingerprint density at radius 3 is 2.76 bits per heavy atom. The average molecular weight is 285 g/mol. The van der Waals surface area contributed by atoms with E-state index in [9.17, 15) is 9.18 Å². The van der Waals surface area contributed by atoms with Crippen molar-refractivity contribution in [2.24, 2.45) is 0 Å². The summed E-state index contributed by atoms with van der Waals surface area (Å²) in [6.45, 7) is 3.76. The quantitative estimate of drug-likeness (QED) is 0.849. The summed E-state index contributed by atoms with van der Waals surface area (Å²) in [6, 6.07) is 6.21. The zero-order valence-corrected chi connectivity index (χ0v) is 11.5. The van der Waals surface area contributed by atoms with Crippen molar-refractivity contribution in [1.29, 1.82) is 0 Å². The molecular weight excluding hydrogens is 269 g/mol. The minimum absolute atomic E-state index is 0.0246. The van der Waals surface area contributed by atoms with Gasteiger partial charge in [-0.25, -0.2) is 9.37 Å². The van der Waals surface area contributed by atoms with E-state index in [-0.39, 0.29) is 11.7 Å². The SMILES string of the molecule is C=CCC1(c2ncc(-c3ccc(F)cc3)[nH]2)CCC(=O)N1. The van der Waals surface area contributed by atoms with Crippen molar-refractivity contribution in [3.63, 3.8) is 0 Å². The normalized spacial score (nSPS) is 21.3. The van der Waals surface area contributed by atoms with E-state index in [0.717, 1.165) is 11.3 Å². The van der Waals surface area contributed by atoms with Crippen LogP contribution in [-0.2, 0) is 10.3 Å². The molecule has 108 valence electrons. The van der Waals surface area contributed by atoms with Crippen molar-refractivity contribution in [3.05, 3.63) is 54.8 Å². The molecule has 5 heteroatoms. The van der Waals surface area contributed by atoms with Crippen LogP contribution >= 0.6 is 0 Å². The van der Waals surface area contributed by atoms with Gasteiger partial charge < -0.3 is 10.3 Å². The second-order valence-corrected chi connectivity index (χ2v) is 5.28. The standard InChI is InChI=1S/C16H16FN3O/c1-2-8-16(9-7-14(21)20-16)15-18-10-13(19-15)11-3-5-12(17)6-4-11/h2-6,10H,1,7-9H2,(H,18,19)(H,20,21). The van der Waals surface area contributed by atoms with Gasteiger partial charge in [-0.05, 0) is 42.7 Å². The lowest BCUT2D eigenvalue weighted by Crippen LogP contribution is -2.39. The summed E-state index contributed by atoms with van der Waals surface area (Å²) < 4.78 is 13.0. The van der Waals surface area contributed by atoms with Gasteiger partial charge in [0.25, 0.3) is 0 Å². The number of hydrogen-bond donors (Lipinski definition) is 2. The van der Waals surface area contributed by atoms with Crippen LogP contribution in [0.3, 0.4) is 0 Å². The van der Waals surface area contributed by atoms with Crippen LogP contribution in [0.5, 0.6) is 0 Å². The molecule has 2 aromatic rings. The third kappa shape index (κ3) is 2.46. The molecule has 0 aliphatic carbocycles. The number of halogens is 1. The summed E-state index contributed by atoms with van der Waals surface area (Å²) >= 11 is 0. The lowest BCUT2D eigenvalue weighted by molar-refractivity contribution is -0.119. The van der Waals surface area contributed by atoms with Crippen LogP contribution in [0.25, 0.3) is 11.3 Å². The maximum absolute atomic E-state index is 13.0. The highest BCUT2D eigenvalue weighted by Crippen LogP contribution is 2.34. The van der Waals surface area contributed by atoms with E-state index in [1.54, 1.807) is 24.4 Å². The van der Waals surface area contributed by atoms with Gasteiger partial charge in [-0.1, -0.05) is 6.08 Å². The zero-order valence-electron chi connectivity index (χ0n) is 11.5. The molecule has 0 radical (unpaired) electrons. The first-order valence-corrected chi connectivity index (χ1v) is 6.86. The second kappa shape index (κ2) is 5.16. The number of aromatic nitrogens is 2. The van der Waals surface area contributed by atoms with Crippen molar-refractivity contribution in [2.75, 3.05) is 0 Å². The van der Waals surface area contributed by atoms with E-state index in [1.807, 2.05) is 0 Å². The van der Waals surface area contributed by atoms with Crippen LogP contribution in [0.2, 0.25) is 0 Å². The number of benzene rings is 1. The zero-order chi connectivity index (χ0) is 14.9. The first-order valence-electron chi connectivity index (χ1n) is 6.86. The molecule has 1 fully saturated rings. The molecule has 1 amide bonds. The highest BCUT2D eigenvalue weighted by Gasteiger charge is 2.40. The molecule has 0 bridgehead atoms. The Balaban J connectivity index is 1.94. The van der Waals surface area contributed by atoms with Crippen LogP contribution in [0.4, 0.5) is 4.39 Å². The molecule has 1 saturated heterocycles. The summed E-state index contributed by atoms with van der Waals surface area (Å²) in [5.41, 5.74) is 1.15. The molecule has 1 aromatic carbocycles. The fraction of sp³-hybridized carbons (Fsp3) is 0.250. The van der Waals surface area contributed by atoms with Crippen molar-refractivity contribution < 1.29 is 9.18 Å². The monoisotopic (exact) mass is 285 g/mol. The summed E-state index contributed by atoms with van der Waals surface area (Å²) in [5.74, 6) is 0.467. The van der Waals surface area contributed by atoms with Gasteiger partial charge >= 0.3 is 0 Å². The van der Waals surface area contributed by atoms with E-state index in [4.69, 9.17) is 0 Å². The fourth-order valence-corrected chi connectivity index (χ4v) is 2.73. The molecule has 1 aliphatic rings. The minimum Gasteiger partial charge on any atom is -0.343 e. The predicted molar refractivity (Wildman–Crippen MR) is 77.9 cm³/mol. The Morgan fingerprint density at radius 2 is 2.14 bits per heavy atom. The smallest absolute Gasteiger partial charge is 0.220 e. The van der Waals surface area contributed by atoms with Gasteiger partial charge in [0.15, 0.2) is 0 Å². The first-order chi connectivity index (χ1) is 10.1. The van der Waals surface area contributed by atoms with E-state index < -0.39 is 5.54 Å². The number of hydrogen-bond acceptors (Lipinski definition) is 2. The number of aromatic amines is 1. The number of nitrogens with zero attached hydrogens (tertiary/aromatic N) is 1. The summed E-state index contributed by atoms with van der Waals surface area (Å²) in [5, 5.41) is 2.99. The number of carbonyl (C=O) groups excluding carboxylic acids is 1. The number of nitrogens with one attached hydrogen (secondary N) is 2. The largest absolute Gasteiger partial charge is 0.343 e. The molecule has 2 N–H and O–H groups in total. The number of imidazole rings is 1. The highest BCUT2D eigenvalue weighted by atomic mass is 19.1. The Bertz CT molecular complexity index is 677. The Morgan fingerprint density at radius 1 is 1.38 bits per heavy atom. The fourth-order valence-electron chi connectivity index (χ4n) is 2.73. The molecule has 1 unspecified atom stereocenters. The lowest BCUT2D eigenvalue weighted by atomic mass is 9.92. The van der Waals surface area contributed by atoms with Gasteiger partial charge in [-0.2, -0.15) is 0 Å². The molecule has 1 atom stereocenters. The first kappa shape index (κ1) is 13.5. The Hall–Kier alpha value is -2.43. The van der Waals surface area contributed by atoms with Crippen molar-refractivity contribution in [2.45, 2.75) is 24.8 Å². The molecule has 3 rings (SSSR count). The topological polar surface area (TPSA) is 57.8 Å². The molecule has 21 heavy (non-hydrogen) atoms. The number of amides is 1. The number of rotatable bonds is 4. The molecule has 1 aromatic heterocycles. The molecule has 4 nitrogen and oxygen atoms in total. The predicted octanol–water partition coefficient (Wildman–Crippen LogP) is 2.90. The van der Waals surface area contributed by atoms with Crippen molar-refractivity contribution in [1.82, 2.24) is 15.3 Å². The van der Waals surface area contributed by atoms with Crippen LogP contribution in [0.1, 0.15) is 25.1 Å². The van der Waals surface area contributed by atoms with Crippen LogP contribution in [0, 0.1) is 5.82 Å². The van der Waals surface area contributed by atoms with Gasteiger partial charge in [0.05, 0.1) is 11.9 Å². The molecule has 2 heterocycles. The van der Waals surface area contributed by atoms with Gasteiger partial charge in [0, 0.05) is 6.42 Å². The second-order valence-electron chi connectivity index (χ2n) is 5.28. The van der Waals surface area contributed by atoms with Gasteiger partial charge in [0.2, 0.25) is 5.91 Å². The summed E-state index contributed by atoms with van der Waals surface area (Å²) in [6.07, 6.45) is 5.29. The molecule has 0 spiro atoms. The van der Waals surface area contributed by atoms with Gasteiger partial charge in [0.1, 0.15) is 17.2 Å². The maximum atomic E-state index is 13.0. The van der Waals surface area contributed by atoms with E-state index in [0.29, 0.717) is 25.1 Å². The van der Waals surface area contributed by atoms with E-state index in [1.165, 1.54) is 12.1 Å². The molecule has 1 aliphatic heterocycles. The third-order valence-electron chi connectivity index (χ3n) is 3.83.